The molecular formula is C8H5BrNO3+. The highest BCUT2D eigenvalue weighted by Gasteiger charge is 2.33. The van der Waals surface area contributed by atoms with E-state index in [0.29, 0.717) is 5.75 Å². The highest BCUT2D eigenvalue weighted by molar-refractivity contribution is 9.10. The van der Waals surface area contributed by atoms with Crippen molar-refractivity contribution in [2.75, 3.05) is 0 Å². The van der Waals surface area contributed by atoms with Crippen molar-refractivity contribution in [2.24, 2.45) is 0 Å². The molecule has 0 radical (unpaired) electrons. The van der Waals surface area contributed by atoms with E-state index in [-0.39, 0.29) is 11.3 Å². The fourth-order valence-electron chi connectivity index (χ4n) is 1.12. The van der Waals surface area contributed by atoms with Crippen LogP contribution in [-0.4, -0.2) is 10.9 Å². The minimum Gasteiger partial charge on any atom is -0.369 e. The van der Waals surface area contributed by atoms with Crippen LogP contribution in [0.25, 0.3) is 0 Å². The minimum atomic E-state index is -0.856. The number of carbonyl (C=O) groups is 1. The van der Waals surface area contributed by atoms with E-state index < -0.39 is 6.09 Å². The van der Waals surface area contributed by atoms with Gasteiger partial charge in [-0.05, 0) is 18.2 Å². The van der Waals surface area contributed by atoms with Crippen LogP contribution in [0.3, 0.4) is 0 Å². The summed E-state index contributed by atoms with van der Waals surface area (Å²) in [5.41, 5.74) is 0.720. The molecule has 0 saturated carbocycles. The van der Waals surface area contributed by atoms with Crippen molar-refractivity contribution in [3.63, 3.8) is 0 Å². The van der Waals surface area contributed by atoms with Crippen LogP contribution >= 0.6 is 15.9 Å². The molecule has 13 heavy (non-hydrogen) atoms. The monoisotopic (exact) mass is 242 g/mol. The Morgan fingerprint density at radius 3 is 3.00 bits per heavy atom. The lowest BCUT2D eigenvalue weighted by molar-refractivity contribution is -0.484. The van der Waals surface area contributed by atoms with Gasteiger partial charge in [0.15, 0.2) is 0 Å². The Labute approximate surface area is 82.2 Å². The molecule has 1 heterocycles. The molecule has 0 spiro atoms. The summed E-state index contributed by atoms with van der Waals surface area (Å²) < 4.78 is 5.88. The highest BCUT2D eigenvalue weighted by Crippen LogP contribution is 2.27. The third-order valence-corrected chi connectivity index (χ3v) is 2.24. The van der Waals surface area contributed by atoms with Crippen LogP contribution in [0.2, 0.25) is 0 Å². The molecule has 0 aromatic heterocycles. The Balaban J connectivity index is 2.48. The molecule has 1 aliphatic rings. The van der Waals surface area contributed by atoms with Gasteiger partial charge in [-0.1, -0.05) is 15.9 Å². The van der Waals surface area contributed by atoms with Crippen LogP contribution in [0.4, 0.5) is 4.79 Å². The predicted molar refractivity (Wildman–Crippen MR) is 47.5 cm³/mol. The highest BCUT2D eigenvalue weighted by atomic mass is 79.9. The van der Waals surface area contributed by atoms with Crippen molar-refractivity contribution in [1.82, 2.24) is 0 Å². The van der Waals surface area contributed by atoms with Crippen LogP contribution in [0.5, 0.6) is 5.75 Å². The second-order valence-electron chi connectivity index (χ2n) is 2.66. The maximum Gasteiger partial charge on any atom is 0.650 e. The first-order valence-corrected chi connectivity index (χ1v) is 4.41. The second kappa shape index (κ2) is 2.92. The molecule has 5 heteroatoms. The molecule has 0 saturated heterocycles. The van der Waals surface area contributed by atoms with Crippen LogP contribution in [0, 0.1) is 4.91 Å². The third kappa shape index (κ3) is 1.47. The van der Waals surface area contributed by atoms with Crippen LogP contribution in [-0.2, 0) is 6.54 Å². The number of rotatable bonds is 0. The van der Waals surface area contributed by atoms with Crippen LogP contribution in [0.1, 0.15) is 5.56 Å². The summed E-state index contributed by atoms with van der Waals surface area (Å²) in [6.45, 7) is 0.0570. The summed E-state index contributed by atoms with van der Waals surface area (Å²) in [5, 5.41) is 0. The molecule has 0 aliphatic carbocycles. The van der Waals surface area contributed by atoms with Gasteiger partial charge in [0, 0.05) is 9.38 Å². The SMILES string of the molecule is O=C1Oc2cc(Br)ccc2C[N+]1=O. The van der Waals surface area contributed by atoms with Gasteiger partial charge in [0.05, 0.1) is 5.56 Å². The molecule has 1 aromatic carbocycles. The number of hydrogen-bond donors (Lipinski definition) is 0. The molecule has 66 valence electrons. The summed E-state index contributed by atoms with van der Waals surface area (Å²) in [6.07, 6.45) is -0.856. The molecule has 1 aliphatic heterocycles. The quantitative estimate of drug-likeness (QED) is 0.656. The first kappa shape index (κ1) is 8.37. The third-order valence-electron chi connectivity index (χ3n) is 1.74. The van der Waals surface area contributed by atoms with Gasteiger partial charge in [-0.15, -0.1) is 0 Å². The smallest absolute Gasteiger partial charge is 0.369 e. The minimum absolute atomic E-state index is 0.0570. The summed E-state index contributed by atoms with van der Waals surface area (Å²) in [7, 11) is 0. The van der Waals surface area contributed by atoms with Crippen molar-refractivity contribution in [3.05, 3.63) is 33.1 Å². The molecule has 0 unspecified atom stereocenters. The van der Waals surface area contributed by atoms with Crippen molar-refractivity contribution in [1.29, 1.82) is 0 Å². The number of nitroso groups, excluding NO2 is 1. The Bertz CT molecular complexity index is 402. The summed E-state index contributed by atoms with van der Waals surface area (Å²) in [6, 6.07) is 5.21. The number of nitrogens with zero attached hydrogens (tertiary/aromatic N) is 1. The van der Waals surface area contributed by atoms with Gasteiger partial charge in [-0.25, -0.2) is 0 Å². The van der Waals surface area contributed by atoms with Crippen LogP contribution in [0.15, 0.2) is 22.7 Å². The lowest BCUT2D eigenvalue weighted by Gasteiger charge is -2.08. The zero-order valence-corrected chi connectivity index (χ0v) is 8.08. The number of hydrogen-bond acceptors (Lipinski definition) is 3. The average molecular weight is 243 g/mol. The molecule has 4 nitrogen and oxygen atoms in total. The fourth-order valence-corrected chi connectivity index (χ4v) is 1.46. The van der Waals surface area contributed by atoms with Gasteiger partial charge in [0.1, 0.15) is 10.5 Å². The van der Waals surface area contributed by atoms with Crippen LogP contribution < -0.4 is 4.74 Å². The topological polar surface area (TPSA) is 46.4 Å². The summed E-state index contributed by atoms with van der Waals surface area (Å²) >= 11 is 3.24. The zero-order valence-electron chi connectivity index (χ0n) is 6.49. The van der Waals surface area contributed by atoms with E-state index in [9.17, 15) is 9.70 Å². The van der Waals surface area contributed by atoms with E-state index in [2.05, 4.69) is 15.9 Å². The van der Waals surface area contributed by atoms with Gasteiger partial charge < -0.3 is 4.74 Å². The fraction of sp³-hybridized carbons (Fsp3) is 0.125. The Kier molecular flexibility index (Phi) is 1.88. The Morgan fingerprint density at radius 2 is 2.23 bits per heavy atom. The second-order valence-corrected chi connectivity index (χ2v) is 3.57. The van der Waals surface area contributed by atoms with Gasteiger partial charge >= 0.3 is 6.09 Å². The van der Waals surface area contributed by atoms with Crippen molar-refractivity contribution in [2.45, 2.75) is 6.54 Å². The summed E-state index contributed by atoms with van der Waals surface area (Å²) in [5.74, 6) is 0.450. The molecule has 1 amide bonds. The van der Waals surface area contributed by atoms with Crippen molar-refractivity contribution >= 4 is 22.0 Å². The van der Waals surface area contributed by atoms with Gasteiger partial charge in [-0.2, -0.15) is 4.79 Å². The van der Waals surface area contributed by atoms with Gasteiger partial charge in [0.25, 0.3) is 0 Å². The van der Waals surface area contributed by atoms with E-state index in [1.165, 1.54) is 0 Å². The number of ether oxygens (including phenoxy) is 1. The van der Waals surface area contributed by atoms with Gasteiger partial charge in [-0.3, -0.25) is 0 Å². The van der Waals surface area contributed by atoms with E-state index in [0.717, 1.165) is 10.0 Å². The Hall–Kier alpha value is -1.23. The number of benzene rings is 1. The lowest BCUT2D eigenvalue weighted by Crippen LogP contribution is -2.26. The van der Waals surface area contributed by atoms with E-state index in [1.807, 2.05) is 0 Å². The van der Waals surface area contributed by atoms with Crippen molar-refractivity contribution in [3.8, 4) is 5.75 Å². The van der Waals surface area contributed by atoms with Crippen molar-refractivity contribution < 1.29 is 14.3 Å². The number of carbonyl (C=O) groups excluding carboxylic acids is 1. The molecule has 0 atom stereocenters. The number of fused-ring (bicyclic) bond motifs is 1. The average Bonchev–Trinajstić information content (AvgIpc) is 2.08. The van der Waals surface area contributed by atoms with E-state index in [4.69, 9.17) is 4.74 Å². The van der Waals surface area contributed by atoms with Gasteiger partial charge in [0.2, 0.25) is 6.54 Å². The number of amides is 1. The van der Waals surface area contributed by atoms with E-state index >= 15 is 0 Å². The standard InChI is InChI=1S/C8H5BrNO3/c9-6-2-1-5-4-10(12)8(11)13-7(5)3-6/h1-3H,4H2/q+1. The molecule has 1 aromatic rings. The lowest BCUT2D eigenvalue weighted by atomic mass is 10.2. The summed E-state index contributed by atoms with van der Waals surface area (Å²) in [4.78, 5) is 21.7. The van der Waals surface area contributed by atoms with E-state index in [1.54, 1.807) is 18.2 Å². The number of halogens is 1. The predicted octanol–water partition coefficient (Wildman–Crippen LogP) is 2.24. The maximum atomic E-state index is 10.9. The maximum absolute atomic E-state index is 10.9. The molecular weight excluding hydrogens is 238 g/mol. The Morgan fingerprint density at radius 1 is 1.46 bits per heavy atom. The zero-order chi connectivity index (χ0) is 9.42. The molecule has 0 fully saturated rings. The molecule has 2 rings (SSSR count). The largest absolute Gasteiger partial charge is 0.650 e. The molecule has 0 bridgehead atoms. The first-order chi connectivity index (χ1) is 6.16. The normalized spacial score (nSPS) is 15.2. The first-order valence-electron chi connectivity index (χ1n) is 3.62. The molecule has 0 N–H and O–H groups in total.